The van der Waals surface area contributed by atoms with Gasteiger partial charge in [0.25, 0.3) is 11.5 Å². The Balaban J connectivity index is 3.01. The van der Waals surface area contributed by atoms with E-state index in [4.69, 9.17) is 5.11 Å². The van der Waals surface area contributed by atoms with Crippen LogP contribution in [-0.2, 0) is 11.0 Å². The van der Waals surface area contributed by atoms with Gasteiger partial charge in [-0.25, -0.2) is 4.79 Å². The van der Waals surface area contributed by atoms with Crippen molar-refractivity contribution in [2.24, 2.45) is 0 Å². The van der Waals surface area contributed by atoms with Crippen molar-refractivity contribution in [1.82, 2.24) is 10.3 Å². The number of hydrogen-bond acceptors (Lipinski definition) is 3. The maximum atomic E-state index is 12.4. The highest BCUT2D eigenvalue weighted by atomic mass is 19.4. The molecule has 1 amide bonds. The maximum Gasteiger partial charge on any atom is 0.431 e. The van der Waals surface area contributed by atoms with Crippen LogP contribution in [0.5, 0.6) is 0 Å². The number of amides is 1. The Kier molecular flexibility index (Phi) is 4.90. The molecule has 114 valence electrons. The molecule has 0 saturated carbocycles. The highest BCUT2D eigenvalue weighted by Gasteiger charge is 2.32. The second-order valence-electron chi connectivity index (χ2n) is 4.00. The number of H-pyrrole nitrogens is 1. The molecule has 0 aliphatic heterocycles. The predicted octanol–water partition coefficient (Wildman–Crippen LogP) is 1.15. The largest absolute Gasteiger partial charge is 0.480 e. The first-order valence-electron chi connectivity index (χ1n) is 5.62. The van der Waals surface area contributed by atoms with Crippen LogP contribution in [0.25, 0.3) is 0 Å². The molecule has 3 N–H and O–H groups in total. The van der Waals surface area contributed by atoms with E-state index in [-0.39, 0.29) is 6.42 Å². The average Bonchev–Trinajstić information content (AvgIpc) is 2.36. The van der Waals surface area contributed by atoms with Crippen LogP contribution in [0.3, 0.4) is 0 Å². The molecule has 0 radical (unpaired) electrons. The summed E-state index contributed by atoms with van der Waals surface area (Å²) in [5.74, 6) is -2.44. The molecule has 9 heteroatoms. The molecule has 1 aromatic rings. The summed E-state index contributed by atoms with van der Waals surface area (Å²) in [5.41, 5.74) is -3.17. The highest BCUT2D eigenvalue weighted by Crippen LogP contribution is 2.26. The molecule has 1 unspecified atom stereocenters. The van der Waals surface area contributed by atoms with Gasteiger partial charge in [-0.1, -0.05) is 6.08 Å². The summed E-state index contributed by atoms with van der Waals surface area (Å²) in [4.78, 5) is 35.5. The summed E-state index contributed by atoms with van der Waals surface area (Å²) in [6.45, 7) is 3.31. The van der Waals surface area contributed by atoms with Gasteiger partial charge in [0.05, 0.1) is 0 Å². The lowest BCUT2D eigenvalue weighted by atomic mass is 10.1. The fraction of sp³-hybridized carbons (Fsp3) is 0.250. The molecule has 0 aliphatic carbocycles. The van der Waals surface area contributed by atoms with Crippen LogP contribution in [0.4, 0.5) is 13.2 Å². The summed E-state index contributed by atoms with van der Waals surface area (Å²) in [5, 5.41) is 10.8. The van der Waals surface area contributed by atoms with Gasteiger partial charge in [-0.3, -0.25) is 9.59 Å². The van der Waals surface area contributed by atoms with Crippen molar-refractivity contribution >= 4 is 11.9 Å². The summed E-state index contributed by atoms with van der Waals surface area (Å²) in [6.07, 6.45) is -3.60. The normalized spacial score (nSPS) is 12.5. The van der Waals surface area contributed by atoms with Gasteiger partial charge in [-0.2, -0.15) is 13.2 Å². The molecular formula is C12H11F3N2O4. The molecule has 1 heterocycles. The molecule has 21 heavy (non-hydrogen) atoms. The van der Waals surface area contributed by atoms with Crippen LogP contribution < -0.4 is 10.9 Å². The number of hydrogen-bond donors (Lipinski definition) is 3. The summed E-state index contributed by atoms with van der Waals surface area (Å²) >= 11 is 0. The third-order valence-electron chi connectivity index (χ3n) is 2.47. The minimum atomic E-state index is -4.75. The van der Waals surface area contributed by atoms with Gasteiger partial charge in [0.1, 0.15) is 17.3 Å². The Hall–Kier alpha value is -2.58. The van der Waals surface area contributed by atoms with Crippen molar-refractivity contribution in [2.45, 2.75) is 18.6 Å². The number of aromatic nitrogens is 1. The van der Waals surface area contributed by atoms with E-state index in [9.17, 15) is 27.6 Å². The van der Waals surface area contributed by atoms with Gasteiger partial charge in [0.15, 0.2) is 0 Å². The number of pyridine rings is 1. The summed E-state index contributed by atoms with van der Waals surface area (Å²) in [6, 6.07) is -0.111. The SMILES string of the molecule is C=CCC(NC(=O)c1ccc(C(F)(F)F)[nH]c1=O)C(=O)O. The van der Waals surface area contributed by atoms with Crippen molar-refractivity contribution in [3.8, 4) is 0 Å². The zero-order valence-corrected chi connectivity index (χ0v) is 10.5. The highest BCUT2D eigenvalue weighted by molar-refractivity contribution is 5.96. The lowest BCUT2D eigenvalue weighted by Gasteiger charge is -2.12. The van der Waals surface area contributed by atoms with Gasteiger partial charge >= 0.3 is 12.1 Å². The first-order chi connectivity index (χ1) is 9.66. The van der Waals surface area contributed by atoms with Crippen molar-refractivity contribution in [3.63, 3.8) is 0 Å². The van der Waals surface area contributed by atoms with Crippen LogP contribution in [0.2, 0.25) is 0 Å². The lowest BCUT2D eigenvalue weighted by Crippen LogP contribution is -2.42. The van der Waals surface area contributed by atoms with Crippen molar-refractivity contribution < 1.29 is 27.9 Å². The van der Waals surface area contributed by atoms with Crippen LogP contribution in [0, 0.1) is 0 Å². The Morgan fingerprint density at radius 1 is 1.43 bits per heavy atom. The van der Waals surface area contributed by atoms with Gasteiger partial charge < -0.3 is 15.4 Å². The van der Waals surface area contributed by atoms with E-state index in [0.29, 0.717) is 12.1 Å². The molecule has 0 aliphatic rings. The lowest BCUT2D eigenvalue weighted by molar-refractivity contribution is -0.141. The number of aromatic amines is 1. The molecule has 1 rings (SSSR count). The van der Waals surface area contributed by atoms with Gasteiger partial charge in [-0.05, 0) is 18.6 Å². The van der Waals surface area contributed by atoms with E-state index in [2.05, 4.69) is 6.58 Å². The van der Waals surface area contributed by atoms with E-state index in [1.807, 2.05) is 5.32 Å². The molecule has 1 aromatic heterocycles. The number of aliphatic carboxylic acids is 1. The number of rotatable bonds is 5. The van der Waals surface area contributed by atoms with Crippen LogP contribution in [-0.4, -0.2) is 28.0 Å². The van der Waals surface area contributed by atoms with Crippen LogP contribution in [0.15, 0.2) is 29.6 Å². The second kappa shape index (κ2) is 6.25. The summed E-state index contributed by atoms with van der Waals surface area (Å²) < 4.78 is 37.1. The van der Waals surface area contributed by atoms with Crippen LogP contribution >= 0.6 is 0 Å². The van der Waals surface area contributed by atoms with Crippen molar-refractivity contribution in [2.75, 3.05) is 0 Å². The van der Waals surface area contributed by atoms with E-state index in [0.717, 1.165) is 0 Å². The minimum Gasteiger partial charge on any atom is -0.480 e. The fourth-order valence-electron chi connectivity index (χ4n) is 1.44. The topological polar surface area (TPSA) is 99.3 Å². The van der Waals surface area contributed by atoms with E-state index in [1.54, 1.807) is 0 Å². The third-order valence-corrected chi connectivity index (χ3v) is 2.47. The number of carbonyl (C=O) groups is 2. The molecule has 0 spiro atoms. The molecule has 0 aromatic carbocycles. The Morgan fingerprint density at radius 2 is 2.05 bits per heavy atom. The Morgan fingerprint density at radius 3 is 2.48 bits per heavy atom. The first kappa shape index (κ1) is 16.5. The molecule has 0 fully saturated rings. The minimum absolute atomic E-state index is 0.0976. The van der Waals surface area contributed by atoms with Crippen LogP contribution in [0.1, 0.15) is 22.5 Å². The Labute approximate surface area is 116 Å². The number of carboxylic acids is 1. The Bertz CT molecular complexity index is 622. The zero-order valence-electron chi connectivity index (χ0n) is 10.5. The van der Waals surface area contributed by atoms with Gasteiger partial charge in [0.2, 0.25) is 0 Å². The monoisotopic (exact) mass is 304 g/mol. The summed E-state index contributed by atoms with van der Waals surface area (Å²) in [7, 11) is 0. The third kappa shape index (κ3) is 4.20. The van der Waals surface area contributed by atoms with E-state index in [1.165, 1.54) is 11.1 Å². The van der Waals surface area contributed by atoms with Gasteiger partial charge in [0, 0.05) is 0 Å². The molecule has 1 atom stereocenters. The molecule has 6 nitrogen and oxygen atoms in total. The van der Waals surface area contributed by atoms with E-state index < -0.39 is 40.9 Å². The molecule has 0 saturated heterocycles. The zero-order chi connectivity index (χ0) is 16.2. The predicted molar refractivity (Wildman–Crippen MR) is 65.8 cm³/mol. The number of carboxylic acid groups (broad SMARTS) is 1. The van der Waals surface area contributed by atoms with E-state index >= 15 is 0 Å². The standard InChI is InChI=1S/C12H11F3N2O4/c1-2-3-7(11(20)21)16-9(18)6-4-5-8(12(13,14)15)17-10(6)19/h2,4-5,7H,1,3H2,(H,16,18)(H,17,19)(H,20,21). The van der Waals surface area contributed by atoms with Crippen molar-refractivity contribution in [1.29, 1.82) is 0 Å². The van der Waals surface area contributed by atoms with Gasteiger partial charge in [-0.15, -0.1) is 6.58 Å². The average molecular weight is 304 g/mol. The van der Waals surface area contributed by atoms with Crippen molar-refractivity contribution in [3.05, 3.63) is 46.4 Å². The fourth-order valence-corrected chi connectivity index (χ4v) is 1.44. The number of nitrogens with one attached hydrogen (secondary N) is 2. The number of carbonyl (C=O) groups excluding carboxylic acids is 1. The second-order valence-corrected chi connectivity index (χ2v) is 4.00. The molecular weight excluding hydrogens is 293 g/mol. The first-order valence-corrected chi connectivity index (χ1v) is 5.62. The maximum absolute atomic E-state index is 12.4. The number of halogens is 3. The molecule has 0 bridgehead atoms. The quantitative estimate of drug-likeness (QED) is 0.711. The number of alkyl halides is 3. The smallest absolute Gasteiger partial charge is 0.431 e.